The minimum Gasteiger partial charge on any atom is -0.287 e. The van der Waals surface area contributed by atoms with Crippen LogP contribution in [-0.4, -0.2) is 12.4 Å². The molecule has 6 heteroatoms. The van der Waals surface area contributed by atoms with Crippen molar-refractivity contribution in [2.45, 2.75) is 6.18 Å². The van der Waals surface area contributed by atoms with Crippen LogP contribution in [0.2, 0.25) is 0 Å². The summed E-state index contributed by atoms with van der Waals surface area (Å²) < 4.78 is 44.2. The molecule has 0 unspecified atom stereocenters. The average Bonchev–Trinajstić information content (AvgIpc) is 2.89. The third-order valence-electron chi connectivity index (χ3n) is 5.64. The second-order valence-electron chi connectivity index (χ2n) is 8.07. The van der Waals surface area contributed by atoms with E-state index in [1.165, 1.54) is 12.1 Å². The molecule has 4 aromatic rings. The van der Waals surface area contributed by atoms with Gasteiger partial charge in [0.05, 0.1) is 5.56 Å². The largest absolute Gasteiger partial charge is 0.416 e. The van der Waals surface area contributed by atoms with Gasteiger partial charge in [-0.05, 0) is 41.0 Å². The summed E-state index contributed by atoms with van der Waals surface area (Å²) in [5, 5.41) is 1.98. The first-order chi connectivity index (χ1) is 16.8. The molecule has 0 aliphatic rings. The van der Waals surface area contributed by atoms with Gasteiger partial charge in [-0.15, -0.1) is 0 Å². The van der Waals surface area contributed by atoms with E-state index >= 15 is 0 Å². The molecule has 4 rings (SSSR count). The lowest BCUT2D eigenvalue weighted by Crippen LogP contribution is -2.16. The van der Waals surface area contributed by atoms with Gasteiger partial charge in [0.2, 0.25) is 5.78 Å². The zero-order valence-electron chi connectivity index (χ0n) is 19.0. The van der Waals surface area contributed by atoms with Gasteiger partial charge in [-0.25, -0.2) is 0 Å². The van der Waals surface area contributed by atoms with Crippen LogP contribution in [-0.2, 0) is 6.18 Å². The van der Waals surface area contributed by atoms with Gasteiger partial charge in [0.15, 0.2) is 0 Å². The number of ketones is 1. The molecular formula is C29H23F3NOP. The number of hydrogen-bond donors (Lipinski definition) is 0. The number of alkyl halides is 3. The van der Waals surface area contributed by atoms with Crippen molar-refractivity contribution in [3.8, 4) is 0 Å². The molecular weight excluding hydrogens is 466 g/mol. The maximum Gasteiger partial charge on any atom is 0.416 e. The molecule has 0 aromatic heterocycles. The summed E-state index contributed by atoms with van der Waals surface area (Å²) in [6.45, 7) is 2.04. The molecule has 0 saturated carbocycles. The lowest BCUT2D eigenvalue weighted by atomic mass is 10.1. The summed E-state index contributed by atoms with van der Waals surface area (Å²) in [4.78, 5) is 13.6. The van der Waals surface area contributed by atoms with Gasteiger partial charge in [0, 0.05) is 12.6 Å². The van der Waals surface area contributed by atoms with Crippen LogP contribution in [0.5, 0.6) is 0 Å². The standard InChI is InChI=1S/C29H23F3NOP/c1-35(25-13-7-3-8-14-25,26-15-9-4-10-16-26)33-27(28(34)23-11-5-2-6-12-23)21-22-17-19-24(20-18-22)29(30,31)32/h2-21H,1H3/b27-21-. The maximum atomic E-state index is 13.6. The molecule has 0 fully saturated rings. The molecule has 0 atom stereocenters. The molecule has 0 aliphatic carbocycles. The molecule has 4 aromatic carbocycles. The topological polar surface area (TPSA) is 29.4 Å². The summed E-state index contributed by atoms with van der Waals surface area (Å²) in [5.74, 6) is -0.288. The molecule has 0 saturated heterocycles. The van der Waals surface area contributed by atoms with Crippen molar-refractivity contribution >= 4 is 29.5 Å². The van der Waals surface area contributed by atoms with E-state index in [1.807, 2.05) is 73.4 Å². The Balaban J connectivity index is 1.93. The van der Waals surface area contributed by atoms with Crippen LogP contribution in [0.15, 0.2) is 126 Å². The van der Waals surface area contributed by atoms with Gasteiger partial charge in [0.25, 0.3) is 0 Å². The third-order valence-corrected chi connectivity index (χ3v) is 8.86. The van der Waals surface area contributed by atoms with E-state index in [0.717, 1.165) is 22.7 Å². The third kappa shape index (κ3) is 5.70. The number of nitrogens with zero attached hydrogens (tertiary/aromatic N) is 1. The predicted molar refractivity (Wildman–Crippen MR) is 138 cm³/mol. The number of rotatable bonds is 6. The van der Waals surface area contributed by atoms with Gasteiger partial charge in [-0.2, -0.15) is 13.2 Å². The molecule has 0 bridgehead atoms. The van der Waals surface area contributed by atoms with Crippen molar-refractivity contribution in [2.75, 3.05) is 6.66 Å². The number of benzene rings is 4. The highest BCUT2D eigenvalue weighted by Crippen LogP contribution is 2.45. The van der Waals surface area contributed by atoms with Gasteiger partial charge in [-0.1, -0.05) is 103 Å². The Hall–Kier alpha value is -3.69. The summed E-state index contributed by atoms with van der Waals surface area (Å²) in [7, 11) is -2.42. The summed E-state index contributed by atoms with van der Waals surface area (Å²) in [6, 6.07) is 33.1. The van der Waals surface area contributed by atoms with Crippen molar-refractivity contribution in [1.82, 2.24) is 0 Å². The highest BCUT2D eigenvalue weighted by molar-refractivity contribution is 7.80. The first kappa shape index (κ1) is 24.4. The lowest BCUT2D eigenvalue weighted by Gasteiger charge is -2.22. The molecule has 0 aliphatic heterocycles. The fourth-order valence-electron chi connectivity index (χ4n) is 3.72. The minimum atomic E-state index is -4.43. The normalized spacial score (nSPS) is 12.3. The fraction of sp³-hybridized carbons (Fsp3) is 0.0690. The van der Waals surface area contributed by atoms with E-state index in [9.17, 15) is 18.0 Å². The highest BCUT2D eigenvalue weighted by atomic mass is 31.2. The number of carbonyl (C=O) groups excluding carboxylic acids is 1. The van der Waals surface area contributed by atoms with Crippen molar-refractivity contribution in [3.05, 3.63) is 138 Å². The highest BCUT2D eigenvalue weighted by Gasteiger charge is 2.30. The van der Waals surface area contributed by atoms with Gasteiger partial charge in [-0.3, -0.25) is 9.54 Å². The van der Waals surface area contributed by atoms with E-state index in [2.05, 4.69) is 0 Å². The number of hydrogen-bond acceptors (Lipinski definition) is 2. The Morgan fingerprint density at radius 3 is 1.63 bits per heavy atom. The van der Waals surface area contributed by atoms with Gasteiger partial charge in [0.1, 0.15) is 5.70 Å². The zero-order valence-corrected chi connectivity index (χ0v) is 19.9. The number of Topliss-reactive ketones (excluding diaryl/α,β-unsaturated/α-hetero) is 1. The lowest BCUT2D eigenvalue weighted by molar-refractivity contribution is -0.137. The SMILES string of the molecule is CP(=N/C(=C\c1ccc(C(F)(F)F)cc1)C(=O)c1ccccc1)(c1ccccc1)c1ccccc1. The molecule has 35 heavy (non-hydrogen) atoms. The maximum absolute atomic E-state index is 13.6. The Labute approximate surface area is 202 Å². The van der Waals surface area contributed by atoms with Crippen LogP contribution in [0, 0.1) is 0 Å². The van der Waals surface area contributed by atoms with Gasteiger partial charge < -0.3 is 0 Å². The van der Waals surface area contributed by atoms with Crippen LogP contribution in [0.4, 0.5) is 13.2 Å². The number of allylic oxidation sites excluding steroid dienone is 1. The van der Waals surface area contributed by atoms with E-state index in [0.29, 0.717) is 11.1 Å². The van der Waals surface area contributed by atoms with Gasteiger partial charge >= 0.3 is 6.18 Å². The molecule has 2 nitrogen and oxygen atoms in total. The number of halogens is 3. The predicted octanol–water partition coefficient (Wildman–Crippen LogP) is 7.41. The quantitative estimate of drug-likeness (QED) is 0.158. The Morgan fingerprint density at radius 1 is 0.714 bits per heavy atom. The molecule has 176 valence electrons. The van der Waals surface area contributed by atoms with Crippen LogP contribution in [0.3, 0.4) is 0 Å². The van der Waals surface area contributed by atoms with Crippen LogP contribution in [0.1, 0.15) is 21.5 Å². The number of carbonyl (C=O) groups is 1. The van der Waals surface area contributed by atoms with Crippen molar-refractivity contribution in [2.24, 2.45) is 4.74 Å². The van der Waals surface area contributed by atoms with E-state index in [-0.39, 0.29) is 11.5 Å². The fourth-order valence-corrected chi connectivity index (χ4v) is 6.33. The Bertz CT molecular complexity index is 1340. The van der Waals surface area contributed by atoms with Crippen LogP contribution >= 0.6 is 7.05 Å². The van der Waals surface area contributed by atoms with E-state index in [1.54, 1.807) is 30.3 Å². The summed E-state index contributed by atoms with van der Waals surface area (Å²) in [5.41, 5.74) is 0.378. The van der Waals surface area contributed by atoms with Crippen molar-refractivity contribution < 1.29 is 18.0 Å². The molecule has 0 heterocycles. The summed E-state index contributed by atoms with van der Waals surface area (Å²) >= 11 is 0. The Morgan fingerprint density at radius 2 is 1.17 bits per heavy atom. The minimum absolute atomic E-state index is 0.194. The second kappa shape index (κ2) is 10.3. The van der Waals surface area contributed by atoms with E-state index in [4.69, 9.17) is 4.74 Å². The van der Waals surface area contributed by atoms with Crippen molar-refractivity contribution in [3.63, 3.8) is 0 Å². The first-order valence-electron chi connectivity index (χ1n) is 11.0. The van der Waals surface area contributed by atoms with E-state index < -0.39 is 18.8 Å². The average molecular weight is 489 g/mol. The smallest absolute Gasteiger partial charge is 0.287 e. The first-order valence-corrected chi connectivity index (χ1v) is 13.2. The molecule has 0 spiro atoms. The molecule has 0 radical (unpaired) electrons. The second-order valence-corrected chi connectivity index (χ2v) is 11.2. The van der Waals surface area contributed by atoms with Crippen LogP contribution in [0.25, 0.3) is 6.08 Å². The van der Waals surface area contributed by atoms with Crippen LogP contribution < -0.4 is 10.6 Å². The molecule has 0 amide bonds. The van der Waals surface area contributed by atoms with Crippen molar-refractivity contribution in [1.29, 1.82) is 0 Å². The zero-order chi connectivity index (χ0) is 24.9. The monoisotopic (exact) mass is 489 g/mol. The molecule has 0 N–H and O–H groups in total. The Kier molecular flexibility index (Phi) is 7.18. The summed E-state index contributed by atoms with van der Waals surface area (Å²) in [6.07, 6.45) is -2.86.